The minimum Gasteiger partial charge on any atom is -0.462 e. The molecular weight excluding hydrogens is 757 g/mol. The Labute approximate surface area is 377 Å². The van der Waals surface area contributed by atoms with E-state index in [0.29, 0.717) is 18.6 Å². The van der Waals surface area contributed by atoms with Gasteiger partial charge >= 0.3 is 5.97 Å². The second-order valence-corrected chi connectivity index (χ2v) is 17.8. The Kier molecular flexibility index (Phi) is 46.9. The van der Waals surface area contributed by atoms with E-state index in [-0.39, 0.29) is 12.4 Å². The van der Waals surface area contributed by atoms with E-state index in [1.54, 1.807) is 0 Å². The molecule has 0 saturated heterocycles. The van der Waals surface area contributed by atoms with Crippen molar-refractivity contribution in [3.05, 3.63) is 48.6 Å². The summed E-state index contributed by atoms with van der Waals surface area (Å²) < 4.78 is 5.22. The Morgan fingerprint density at radius 2 is 0.787 bits per heavy atom. The predicted octanol–water partition coefficient (Wildman–Crippen LogP) is 15.7. The number of hydrogen-bond donors (Lipinski definition) is 2. The molecule has 0 rings (SSSR count). The molecule has 0 saturated carbocycles. The first-order chi connectivity index (χ1) is 30.0. The smallest absolute Gasteiger partial charge is 0.316 e. The Balaban J connectivity index is 3.91. The van der Waals surface area contributed by atoms with Crippen LogP contribution in [0, 0.1) is 5.92 Å². The first-order valence-electron chi connectivity index (χ1n) is 26.1. The van der Waals surface area contributed by atoms with Gasteiger partial charge in [-0.2, -0.15) is 0 Å². The topological polar surface area (TPSA) is 101 Å². The van der Waals surface area contributed by atoms with Crippen molar-refractivity contribution in [2.45, 2.75) is 264 Å². The minimum atomic E-state index is -1.12. The summed E-state index contributed by atoms with van der Waals surface area (Å²) in [7, 11) is 0. The van der Waals surface area contributed by atoms with Gasteiger partial charge in [-0.15, -0.1) is 0 Å². The van der Waals surface area contributed by atoms with Crippen LogP contribution in [0.15, 0.2) is 48.6 Å². The molecule has 6 nitrogen and oxygen atoms in total. The molecule has 61 heavy (non-hydrogen) atoms. The van der Waals surface area contributed by atoms with Crippen LogP contribution in [-0.4, -0.2) is 47.1 Å². The summed E-state index contributed by atoms with van der Waals surface area (Å²) in [6, 6.07) is 0. The summed E-state index contributed by atoms with van der Waals surface area (Å²) in [5.41, 5.74) is 0. The number of ether oxygens (including phenoxy) is 1. The second-order valence-electron chi connectivity index (χ2n) is 17.8. The van der Waals surface area contributed by atoms with Crippen molar-refractivity contribution in [3.8, 4) is 0 Å². The molecule has 0 spiro atoms. The maximum Gasteiger partial charge on any atom is 0.316 e. The lowest BCUT2D eigenvalue weighted by atomic mass is 9.93. The summed E-state index contributed by atoms with van der Waals surface area (Å²) >= 11 is 0. The molecule has 0 fully saturated rings. The lowest BCUT2D eigenvalue weighted by Crippen LogP contribution is -2.30. The number of carbonyl (C=O) groups excluding carboxylic acids is 3. The van der Waals surface area contributed by atoms with E-state index < -0.39 is 24.6 Å². The molecule has 2 N–H and O–H groups in total. The van der Waals surface area contributed by atoms with E-state index in [0.717, 1.165) is 109 Å². The van der Waals surface area contributed by atoms with E-state index >= 15 is 0 Å². The third kappa shape index (κ3) is 44.1. The Bertz CT molecular complexity index is 1090. The molecule has 0 aromatic carbocycles. The summed E-state index contributed by atoms with van der Waals surface area (Å²) in [4.78, 5) is 38.1. The zero-order chi connectivity index (χ0) is 44.5. The van der Waals surface area contributed by atoms with Crippen molar-refractivity contribution in [1.29, 1.82) is 0 Å². The quantitative estimate of drug-likeness (QED) is 0.0274. The monoisotopic (exact) mass is 855 g/mol. The lowest BCUT2D eigenvalue weighted by Gasteiger charge is -2.16. The lowest BCUT2D eigenvalue weighted by molar-refractivity contribution is -0.155. The fourth-order valence-corrected chi connectivity index (χ4v) is 7.72. The summed E-state index contributed by atoms with van der Waals surface area (Å²) in [6.07, 6.45) is 59.3. The highest BCUT2D eigenvalue weighted by Crippen LogP contribution is 2.20. The van der Waals surface area contributed by atoms with Crippen LogP contribution in [0.5, 0.6) is 0 Å². The number of carbonyl (C=O) groups is 3. The van der Waals surface area contributed by atoms with Gasteiger partial charge in [0.25, 0.3) is 0 Å². The van der Waals surface area contributed by atoms with Crippen LogP contribution in [0.4, 0.5) is 0 Å². The van der Waals surface area contributed by atoms with Gasteiger partial charge in [0.2, 0.25) is 0 Å². The number of ketones is 2. The molecule has 2 atom stereocenters. The molecular formula is C55H98O6. The molecule has 6 heteroatoms. The van der Waals surface area contributed by atoms with Crippen LogP contribution in [0.1, 0.15) is 258 Å². The largest absolute Gasteiger partial charge is 0.462 e. The number of Topliss-reactive ketones (excluding diaryl/α,β-unsaturated/α-hetero) is 2. The molecule has 0 radical (unpaired) electrons. The summed E-state index contributed by atoms with van der Waals surface area (Å²) in [6.45, 7) is 3.75. The molecule has 0 aliphatic heterocycles. The molecule has 0 aromatic heterocycles. The molecule has 0 heterocycles. The van der Waals surface area contributed by atoms with Crippen LogP contribution < -0.4 is 0 Å². The second kappa shape index (κ2) is 48.7. The Morgan fingerprint density at radius 3 is 1.23 bits per heavy atom. The average Bonchev–Trinajstić information content (AvgIpc) is 3.26. The first-order valence-corrected chi connectivity index (χ1v) is 26.1. The minimum absolute atomic E-state index is 0.0456. The predicted molar refractivity (Wildman–Crippen MR) is 261 cm³/mol. The van der Waals surface area contributed by atoms with Crippen LogP contribution in [0.3, 0.4) is 0 Å². The van der Waals surface area contributed by atoms with Crippen molar-refractivity contribution < 1.29 is 29.3 Å². The maximum atomic E-state index is 13.1. The van der Waals surface area contributed by atoms with E-state index in [9.17, 15) is 19.5 Å². The molecule has 0 aliphatic carbocycles. The average molecular weight is 855 g/mol. The van der Waals surface area contributed by atoms with E-state index in [4.69, 9.17) is 9.84 Å². The zero-order valence-corrected chi connectivity index (χ0v) is 40.1. The first kappa shape index (κ1) is 58.7. The number of esters is 1. The fraction of sp³-hybridized carbons (Fsp3) is 0.800. The van der Waals surface area contributed by atoms with Crippen LogP contribution in [-0.2, 0) is 19.1 Å². The maximum absolute atomic E-state index is 13.1. The van der Waals surface area contributed by atoms with Gasteiger partial charge in [-0.05, 0) is 89.9 Å². The molecule has 0 aliphatic rings. The highest BCUT2D eigenvalue weighted by Gasteiger charge is 2.27. The van der Waals surface area contributed by atoms with E-state index in [2.05, 4.69) is 62.5 Å². The molecule has 0 bridgehead atoms. The third-order valence-corrected chi connectivity index (χ3v) is 11.8. The molecule has 2 unspecified atom stereocenters. The Hall–Kier alpha value is -2.31. The summed E-state index contributed by atoms with van der Waals surface area (Å²) in [5, 5.41) is 18.7. The van der Waals surface area contributed by atoms with Gasteiger partial charge in [0.1, 0.15) is 30.2 Å². The van der Waals surface area contributed by atoms with Crippen LogP contribution in [0.2, 0.25) is 0 Å². The molecule has 0 amide bonds. The number of rotatable bonds is 48. The normalized spacial score (nSPS) is 13.0. The number of unbranched alkanes of at least 4 members (excludes halogenated alkanes) is 27. The van der Waals surface area contributed by atoms with Crippen molar-refractivity contribution in [1.82, 2.24) is 0 Å². The van der Waals surface area contributed by atoms with Crippen LogP contribution in [0.25, 0.3) is 0 Å². The van der Waals surface area contributed by atoms with E-state index in [1.807, 2.05) is 0 Å². The number of hydrogen-bond acceptors (Lipinski definition) is 6. The van der Waals surface area contributed by atoms with Crippen molar-refractivity contribution in [2.24, 2.45) is 5.92 Å². The zero-order valence-electron chi connectivity index (χ0n) is 40.1. The van der Waals surface area contributed by atoms with Gasteiger partial charge in [0.15, 0.2) is 0 Å². The van der Waals surface area contributed by atoms with Gasteiger partial charge in [0, 0.05) is 19.3 Å². The van der Waals surface area contributed by atoms with Crippen molar-refractivity contribution in [2.75, 3.05) is 13.2 Å². The standard InChI is InChI=1S/C55H98O6/c1-3-5-7-9-11-13-15-17-18-22-25-29-33-37-41-45-51(57)46-42-38-34-30-26-23-19-20-24-27-31-35-39-43-47-53(55(60)61-50-52(58)49-56)54(59)48-44-40-36-32-28-21-16-14-12-10-8-6-4-2/h11,13,17-18,20,23-24,26,52-53,56,58H,3-10,12,14-16,19,21-22,25,27-50H2,1-2H3. The molecule has 354 valence electrons. The van der Waals surface area contributed by atoms with Crippen LogP contribution >= 0.6 is 0 Å². The third-order valence-electron chi connectivity index (χ3n) is 11.8. The number of allylic oxidation sites excluding steroid dienone is 8. The summed E-state index contributed by atoms with van der Waals surface area (Å²) in [5.74, 6) is -0.937. The SMILES string of the molecule is CCCCCC=CCC=CCCCCCCCC(=O)CCCCCC=CCC=CCCCCCCC(C(=O)CCCCCCCCCCCCCCC)C(=O)OCC(O)CO. The fourth-order valence-electron chi connectivity index (χ4n) is 7.72. The molecule has 0 aromatic rings. The van der Waals surface area contributed by atoms with Gasteiger partial charge < -0.3 is 14.9 Å². The van der Waals surface area contributed by atoms with Gasteiger partial charge in [-0.3, -0.25) is 14.4 Å². The number of aliphatic hydroxyl groups is 2. The van der Waals surface area contributed by atoms with Crippen molar-refractivity contribution >= 4 is 17.5 Å². The highest BCUT2D eigenvalue weighted by molar-refractivity contribution is 5.98. The van der Waals surface area contributed by atoms with Gasteiger partial charge in [0.05, 0.1) is 6.61 Å². The van der Waals surface area contributed by atoms with Gasteiger partial charge in [-0.25, -0.2) is 0 Å². The number of aliphatic hydroxyl groups excluding tert-OH is 2. The highest BCUT2D eigenvalue weighted by atomic mass is 16.5. The van der Waals surface area contributed by atoms with E-state index in [1.165, 1.54) is 122 Å². The van der Waals surface area contributed by atoms with Crippen molar-refractivity contribution in [3.63, 3.8) is 0 Å². The Morgan fingerprint density at radius 1 is 0.443 bits per heavy atom. The van der Waals surface area contributed by atoms with Gasteiger partial charge in [-0.1, -0.05) is 197 Å².